The lowest BCUT2D eigenvalue weighted by Crippen LogP contribution is -2.46. The summed E-state index contributed by atoms with van der Waals surface area (Å²) in [5, 5.41) is 20.7. The Morgan fingerprint density at radius 1 is 0.973 bits per heavy atom. The van der Waals surface area contributed by atoms with E-state index in [4.69, 9.17) is 15.2 Å². The van der Waals surface area contributed by atoms with Gasteiger partial charge in [-0.1, -0.05) is 70.4 Å². The molecule has 8 heteroatoms. The molecular formula is C29H47N2O6+. The van der Waals surface area contributed by atoms with Crippen LogP contribution in [0.25, 0.3) is 0 Å². The van der Waals surface area contributed by atoms with E-state index in [9.17, 15) is 19.8 Å². The first-order valence-corrected chi connectivity index (χ1v) is 14.1. The average Bonchev–Trinajstić information content (AvgIpc) is 3.18. The van der Waals surface area contributed by atoms with Gasteiger partial charge < -0.3 is 25.4 Å². The van der Waals surface area contributed by atoms with Crippen molar-refractivity contribution in [3.05, 3.63) is 42.2 Å². The van der Waals surface area contributed by atoms with E-state index in [0.29, 0.717) is 6.42 Å². The van der Waals surface area contributed by atoms with Crippen LogP contribution in [0.5, 0.6) is 0 Å². The zero-order chi connectivity index (χ0) is 26.9. The van der Waals surface area contributed by atoms with E-state index in [-0.39, 0.29) is 18.1 Å². The quantitative estimate of drug-likeness (QED) is 0.109. The van der Waals surface area contributed by atoms with Crippen LogP contribution in [-0.4, -0.2) is 47.0 Å². The van der Waals surface area contributed by atoms with E-state index in [1.807, 2.05) is 0 Å². The zero-order valence-corrected chi connectivity index (χ0v) is 22.4. The van der Waals surface area contributed by atoms with E-state index in [0.717, 1.165) is 32.1 Å². The van der Waals surface area contributed by atoms with Gasteiger partial charge in [-0.15, -0.1) is 0 Å². The largest absolute Gasteiger partial charge is 0.463 e. The van der Waals surface area contributed by atoms with Gasteiger partial charge in [0.2, 0.25) is 0 Å². The number of nitrogens with zero attached hydrogens (tertiary/aromatic N) is 1. The Balaban J connectivity index is 1.52. The molecule has 4 N–H and O–H groups in total. The molecule has 0 saturated carbocycles. The molecule has 1 aromatic heterocycles. The fourth-order valence-electron chi connectivity index (χ4n) is 4.50. The third-order valence-electron chi connectivity index (χ3n) is 6.79. The van der Waals surface area contributed by atoms with Crippen LogP contribution >= 0.6 is 0 Å². The number of hydrogen-bond donors (Lipinski definition) is 3. The van der Waals surface area contributed by atoms with E-state index < -0.39 is 30.4 Å². The number of amides is 1. The molecule has 8 nitrogen and oxygen atoms in total. The van der Waals surface area contributed by atoms with E-state index in [1.54, 1.807) is 18.3 Å². The molecule has 208 valence electrons. The van der Waals surface area contributed by atoms with Gasteiger partial charge in [0, 0.05) is 12.5 Å². The molecule has 0 aliphatic carbocycles. The molecule has 0 bridgehead atoms. The Morgan fingerprint density at radius 3 is 2.24 bits per heavy atom. The van der Waals surface area contributed by atoms with E-state index in [2.05, 4.69) is 19.1 Å². The number of nitrogens with two attached hydrogens (primary N) is 1. The SMILES string of the molecule is CCCCCCCC/C=C\CCCCCCCC(=O)OC[C@H]1OC([n+]2cccc(C(N)=O)c2)[C@H](O)[C@@H]1O. The molecule has 37 heavy (non-hydrogen) atoms. The van der Waals surface area contributed by atoms with Gasteiger partial charge in [-0.2, -0.15) is 4.57 Å². The monoisotopic (exact) mass is 519 g/mol. The van der Waals surface area contributed by atoms with Crippen molar-refractivity contribution in [1.29, 1.82) is 0 Å². The summed E-state index contributed by atoms with van der Waals surface area (Å²) >= 11 is 0. The average molecular weight is 520 g/mol. The van der Waals surface area contributed by atoms with Gasteiger partial charge in [-0.05, 0) is 38.2 Å². The summed E-state index contributed by atoms with van der Waals surface area (Å²) in [4.78, 5) is 23.5. The number of aromatic nitrogens is 1. The normalized spacial score (nSPS) is 21.5. The first-order chi connectivity index (χ1) is 17.9. The summed E-state index contributed by atoms with van der Waals surface area (Å²) in [6.07, 6.45) is 19.3. The molecule has 2 heterocycles. The van der Waals surface area contributed by atoms with Crippen LogP contribution in [0.3, 0.4) is 0 Å². The second-order valence-corrected chi connectivity index (χ2v) is 9.97. The minimum Gasteiger partial charge on any atom is -0.463 e. The molecule has 4 atom stereocenters. The predicted octanol–water partition coefficient (Wildman–Crippen LogP) is 4.27. The van der Waals surface area contributed by atoms with Gasteiger partial charge >= 0.3 is 5.97 Å². The second-order valence-electron chi connectivity index (χ2n) is 9.97. The molecule has 1 fully saturated rings. The predicted molar refractivity (Wildman–Crippen MR) is 141 cm³/mol. The standard InChI is InChI=1S/C29H46N2O6/c1-2-3-4-5-6-7-8-9-10-11-12-13-14-15-16-19-25(32)36-22-24-26(33)27(34)29(37-24)31-20-17-18-23(21-31)28(30)35/h9-10,17-18,20-21,24,26-27,29,33-34H,2-8,11-16,19,22H2,1H3,(H-,30,35)/p+1/b10-9-/t24-,26-,27-,29?/m1/s1. The van der Waals surface area contributed by atoms with Crippen LogP contribution in [-0.2, 0) is 14.3 Å². The Hall–Kier alpha value is -2.29. The van der Waals surface area contributed by atoms with Crippen molar-refractivity contribution >= 4 is 11.9 Å². The van der Waals surface area contributed by atoms with Gasteiger partial charge in [0.25, 0.3) is 12.1 Å². The van der Waals surface area contributed by atoms with Crippen molar-refractivity contribution in [1.82, 2.24) is 0 Å². The number of allylic oxidation sites excluding steroid dienone is 2. The molecule has 1 aliphatic heterocycles. The summed E-state index contributed by atoms with van der Waals surface area (Å²) in [5.41, 5.74) is 5.55. The van der Waals surface area contributed by atoms with Crippen molar-refractivity contribution in [3.8, 4) is 0 Å². The van der Waals surface area contributed by atoms with Gasteiger partial charge in [-0.25, -0.2) is 0 Å². The number of unbranched alkanes of at least 4 members (excludes halogenated alkanes) is 11. The number of hydrogen-bond acceptors (Lipinski definition) is 6. The lowest BCUT2D eigenvalue weighted by molar-refractivity contribution is -0.765. The van der Waals surface area contributed by atoms with E-state index in [1.165, 1.54) is 62.1 Å². The number of aliphatic hydroxyl groups excluding tert-OH is 2. The molecule has 2 rings (SSSR count). The maximum Gasteiger partial charge on any atom is 0.305 e. The fraction of sp³-hybridized carbons (Fsp3) is 0.690. The van der Waals surface area contributed by atoms with Gasteiger partial charge in [0.15, 0.2) is 18.5 Å². The highest BCUT2D eigenvalue weighted by molar-refractivity contribution is 5.92. The number of carbonyl (C=O) groups is 2. The number of pyridine rings is 1. The maximum atomic E-state index is 12.1. The highest BCUT2D eigenvalue weighted by Crippen LogP contribution is 2.26. The van der Waals surface area contributed by atoms with Crippen molar-refractivity contribution < 1.29 is 33.8 Å². The number of ether oxygens (including phenoxy) is 2. The summed E-state index contributed by atoms with van der Waals surface area (Å²) in [6, 6.07) is 3.15. The first kappa shape index (κ1) is 30.9. The van der Waals surface area contributed by atoms with Crippen LogP contribution in [0.1, 0.15) is 113 Å². The number of esters is 1. The molecule has 1 saturated heterocycles. The maximum absolute atomic E-state index is 12.1. The van der Waals surface area contributed by atoms with Crippen molar-refractivity contribution in [2.75, 3.05) is 6.61 Å². The Morgan fingerprint density at radius 2 is 1.59 bits per heavy atom. The van der Waals surface area contributed by atoms with Crippen molar-refractivity contribution in [3.63, 3.8) is 0 Å². The lowest BCUT2D eigenvalue weighted by atomic mass is 10.1. The Bertz CT molecular complexity index is 830. The Kier molecular flexibility index (Phi) is 15.1. The second kappa shape index (κ2) is 18.0. The molecule has 0 aromatic carbocycles. The zero-order valence-electron chi connectivity index (χ0n) is 22.4. The number of carbonyl (C=O) groups excluding carboxylic acids is 2. The minimum atomic E-state index is -1.23. The summed E-state index contributed by atoms with van der Waals surface area (Å²) in [7, 11) is 0. The van der Waals surface area contributed by atoms with Crippen LogP contribution in [0, 0.1) is 0 Å². The van der Waals surface area contributed by atoms with Gasteiger partial charge in [0.05, 0.1) is 0 Å². The number of primary amides is 1. The topological polar surface area (TPSA) is 123 Å². The van der Waals surface area contributed by atoms with Crippen LogP contribution in [0.15, 0.2) is 36.7 Å². The first-order valence-electron chi connectivity index (χ1n) is 14.1. The lowest BCUT2D eigenvalue weighted by Gasteiger charge is -2.13. The van der Waals surface area contributed by atoms with Gasteiger partial charge in [-0.3, -0.25) is 9.59 Å². The third-order valence-corrected chi connectivity index (χ3v) is 6.79. The third kappa shape index (κ3) is 11.8. The highest BCUT2D eigenvalue weighted by Gasteiger charge is 2.48. The summed E-state index contributed by atoms with van der Waals surface area (Å²) in [6.45, 7) is 2.10. The highest BCUT2D eigenvalue weighted by atomic mass is 16.6. The molecule has 0 radical (unpaired) electrons. The van der Waals surface area contributed by atoms with Crippen molar-refractivity contribution in [2.24, 2.45) is 5.73 Å². The van der Waals surface area contributed by atoms with Gasteiger partial charge in [0.1, 0.15) is 24.4 Å². The minimum absolute atomic E-state index is 0.144. The molecule has 1 unspecified atom stereocenters. The summed E-state index contributed by atoms with van der Waals surface area (Å²) < 4.78 is 12.5. The van der Waals surface area contributed by atoms with E-state index >= 15 is 0 Å². The molecular weight excluding hydrogens is 472 g/mol. The fourth-order valence-corrected chi connectivity index (χ4v) is 4.50. The number of rotatable bonds is 19. The summed E-state index contributed by atoms with van der Waals surface area (Å²) in [5.74, 6) is -0.946. The van der Waals surface area contributed by atoms with Crippen LogP contribution < -0.4 is 10.3 Å². The molecule has 1 aromatic rings. The van der Waals surface area contributed by atoms with Crippen LogP contribution in [0.4, 0.5) is 0 Å². The Labute approximate surface area is 221 Å². The molecule has 1 amide bonds. The van der Waals surface area contributed by atoms with Crippen molar-refractivity contribution in [2.45, 2.75) is 121 Å². The molecule has 1 aliphatic rings. The smallest absolute Gasteiger partial charge is 0.305 e. The molecule has 0 spiro atoms. The van der Waals surface area contributed by atoms with Crippen LogP contribution in [0.2, 0.25) is 0 Å². The number of aliphatic hydroxyl groups is 2.